The molecule has 0 saturated carbocycles. The van der Waals surface area contributed by atoms with Gasteiger partial charge < -0.3 is 11.1 Å². The summed E-state index contributed by atoms with van der Waals surface area (Å²) in [7, 11) is 0. The molecule has 17 heavy (non-hydrogen) atoms. The topological polar surface area (TPSA) is 98.7 Å². The Kier molecular flexibility index (Phi) is 3.20. The highest BCUT2D eigenvalue weighted by Crippen LogP contribution is 2.18. The fourth-order valence-corrected chi connectivity index (χ4v) is 1.34. The van der Waals surface area contributed by atoms with Gasteiger partial charge in [-0.3, -0.25) is 9.78 Å². The van der Waals surface area contributed by atoms with Crippen molar-refractivity contribution in [2.24, 2.45) is 0 Å². The molecule has 2 aromatic heterocycles. The molecule has 0 unspecified atom stereocenters. The summed E-state index contributed by atoms with van der Waals surface area (Å²) >= 11 is 5.87. The maximum absolute atomic E-state index is 11.6. The highest BCUT2D eigenvalue weighted by atomic mass is 35.5. The molecule has 0 spiro atoms. The largest absolute Gasteiger partial charge is 0.367 e. The fraction of sp³-hybridized carbons (Fsp3) is 0.111. The second kappa shape index (κ2) is 4.79. The molecular formula is C9H9ClN6O. The van der Waals surface area contributed by atoms with Crippen molar-refractivity contribution in [1.29, 1.82) is 0 Å². The molecule has 2 rings (SSSR count). The molecule has 0 aliphatic heterocycles. The van der Waals surface area contributed by atoms with E-state index in [1.165, 1.54) is 23.4 Å². The molecule has 0 aromatic carbocycles. The summed E-state index contributed by atoms with van der Waals surface area (Å²) in [5, 5.41) is 6.82. The standard InChI is InChI=1S/C9H9ClN6O/c10-6-1-2-12-3-7(6)14-8(17)4-16-5-13-9(11)15-16/h1-3,5H,4H2,(H2,11,15)(H,14,17). The normalized spacial score (nSPS) is 10.2. The molecule has 2 heterocycles. The minimum atomic E-state index is -0.287. The summed E-state index contributed by atoms with van der Waals surface area (Å²) in [6, 6.07) is 1.59. The quantitative estimate of drug-likeness (QED) is 0.831. The van der Waals surface area contributed by atoms with Crippen LogP contribution in [0.1, 0.15) is 0 Å². The van der Waals surface area contributed by atoms with Crippen LogP contribution in [0.3, 0.4) is 0 Å². The number of pyridine rings is 1. The van der Waals surface area contributed by atoms with E-state index >= 15 is 0 Å². The maximum atomic E-state index is 11.6. The average molecular weight is 253 g/mol. The molecule has 0 bridgehead atoms. The molecular weight excluding hydrogens is 244 g/mol. The van der Waals surface area contributed by atoms with Crippen LogP contribution in [0.5, 0.6) is 0 Å². The van der Waals surface area contributed by atoms with Crippen LogP contribution in [0.25, 0.3) is 0 Å². The number of amides is 1. The van der Waals surface area contributed by atoms with E-state index in [4.69, 9.17) is 17.3 Å². The van der Waals surface area contributed by atoms with Gasteiger partial charge in [0.25, 0.3) is 0 Å². The van der Waals surface area contributed by atoms with Gasteiger partial charge in [-0.05, 0) is 6.07 Å². The van der Waals surface area contributed by atoms with Crippen molar-refractivity contribution in [3.05, 3.63) is 29.8 Å². The van der Waals surface area contributed by atoms with Gasteiger partial charge in [-0.2, -0.15) is 0 Å². The first kappa shape index (κ1) is 11.3. The first-order chi connectivity index (χ1) is 8.15. The number of hydrogen-bond donors (Lipinski definition) is 2. The van der Waals surface area contributed by atoms with Crippen molar-refractivity contribution >= 4 is 29.1 Å². The zero-order valence-electron chi connectivity index (χ0n) is 8.67. The van der Waals surface area contributed by atoms with Gasteiger partial charge in [0.1, 0.15) is 12.9 Å². The maximum Gasteiger partial charge on any atom is 0.246 e. The van der Waals surface area contributed by atoms with Crippen LogP contribution >= 0.6 is 11.6 Å². The van der Waals surface area contributed by atoms with Gasteiger partial charge in [0.2, 0.25) is 11.9 Å². The third-order valence-corrected chi connectivity index (χ3v) is 2.23. The third kappa shape index (κ3) is 2.91. The minimum absolute atomic E-state index is 0.00935. The number of nitrogens with zero attached hydrogens (tertiary/aromatic N) is 4. The highest BCUT2D eigenvalue weighted by molar-refractivity contribution is 6.33. The summed E-state index contributed by atoms with van der Waals surface area (Å²) < 4.78 is 1.33. The Morgan fingerprint density at radius 1 is 1.59 bits per heavy atom. The fourth-order valence-electron chi connectivity index (χ4n) is 1.19. The van der Waals surface area contributed by atoms with E-state index in [0.717, 1.165) is 0 Å². The zero-order chi connectivity index (χ0) is 12.3. The number of carbonyl (C=O) groups is 1. The molecule has 0 aliphatic rings. The number of nitrogens with two attached hydrogens (primary N) is 1. The number of carbonyl (C=O) groups excluding carboxylic acids is 1. The van der Waals surface area contributed by atoms with Crippen molar-refractivity contribution in [2.75, 3.05) is 11.1 Å². The van der Waals surface area contributed by atoms with E-state index in [9.17, 15) is 4.79 Å². The van der Waals surface area contributed by atoms with E-state index in [0.29, 0.717) is 10.7 Å². The van der Waals surface area contributed by atoms with Gasteiger partial charge >= 0.3 is 0 Å². The molecule has 1 amide bonds. The number of rotatable bonds is 3. The van der Waals surface area contributed by atoms with Gasteiger partial charge in [0.15, 0.2) is 0 Å². The monoisotopic (exact) mass is 252 g/mol. The van der Waals surface area contributed by atoms with Crippen LogP contribution in [-0.2, 0) is 11.3 Å². The molecule has 8 heteroatoms. The third-order valence-electron chi connectivity index (χ3n) is 1.90. The predicted octanol–water partition coefficient (Wildman–Crippen LogP) is 0.547. The number of hydrogen-bond acceptors (Lipinski definition) is 5. The zero-order valence-corrected chi connectivity index (χ0v) is 9.42. The SMILES string of the molecule is Nc1ncn(CC(=O)Nc2cnccc2Cl)n1. The van der Waals surface area contributed by atoms with E-state index < -0.39 is 0 Å². The summed E-state index contributed by atoms with van der Waals surface area (Å²) in [5.74, 6) is -0.165. The van der Waals surface area contributed by atoms with Gasteiger partial charge in [0, 0.05) is 6.20 Å². The Morgan fingerprint density at radius 2 is 2.41 bits per heavy atom. The Bertz CT molecular complexity index is 540. The lowest BCUT2D eigenvalue weighted by atomic mass is 10.4. The number of aromatic nitrogens is 4. The molecule has 7 nitrogen and oxygen atoms in total. The van der Waals surface area contributed by atoms with Gasteiger partial charge in [-0.25, -0.2) is 9.67 Å². The molecule has 0 atom stereocenters. The summed E-state index contributed by atoms with van der Waals surface area (Å²) in [6.45, 7) is 0.00935. The van der Waals surface area contributed by atoms with Gasteiger partial charge in [-0.1, -0.05) is 11.6 Å². The molecule has 0 aliphatic carbocycles. The molecule has 88 valence electrons. The average Bonchev–Trinajstić information content (AvgIpc) is 2.67. The number of nitrogens with one attached hydrogen (secondary N) is 1. The van der Waals surface area contributed by atoms with Crippen LogP contribution in [0, 0.1) is 0 Å². The van der Waals surface area contributed by atoms with E-state index in [1.807, 2.05) is 0 Å². The first-order valence-corrected chi connectivity index (χ1v) is 5.07. The van der Waals surface area contributed by atoms with Crippen molar-refractivity contribution in [3.8, 4) is 0 Å². The second-order valence-electron chi connectivity index (χ2n) is 3.20. The van der Waals surface area contributed by atoms with Crippen LogP contribution in [0.2, 0.25) is 5.02 Å². The summed E-state index contributed by atoms with van der Waals surface area (Å²) in [4.78, 5) is 19.2. The van der Waals surface area contributed by atoms with Crippen LogP contribution in [0.4, 0.5) is 11.6 Å². The number of nitrogen functional groups attached to an aromatic ring is 1. The van der Waals surface area contributed by atoms with Crippen LogP contribution in [-0.4, -0.2) is 25.7 Å². The Hall–Kier alpha value is -2.15. The lowest BCUT2D eigenvalue weighted by molar-refractivity contribution is -0.116. The molecule has 3 N–H and O–H groups in total. The first-order valence-electron chi connectivity index (χ1n) is 4.69. The lowest BCUT2D eigenvalue weighted by Crippen LogP contribution is -2.19. The smallest absolute Gasteiger partial charge is 0.246 e. The van der Waals surface area contributed by atoms with Crippen molar-refractivity contribution in [3.63, 3.8) is 0 Å². The van der Waals surface area contributed by atoms with Gasteiger partial charge in [0.05, 0.1) is 16.9 Å². The minimum Gasteiger partial charge on any atom is -0.367 e. The van der Waals surface area contributed by atoms with E-state index in [-0.39, 0.29) is 18.4 Å². The number of anilines is 2. The van der Waals surface area contributed by atoms with Crippen molar-refractivity contribution in [2.45, 2.75) is 6.54 Å². The molecule has 2 aromatic rings. The predicted molar refractivity (Wildman–Crippen MR) is 62.3 cm³/mol. The molecule has 0 radical (unpaired) electrons. The van der Waals surface area contributed by atoms with Crippen LogP contribution < -0.4 is 11.1 Å². The van der Waals surface area contributed by atoms with Crippen molar-refractivity contribution < 1.29 is 4.79 Å². The van der Waals surface area contributed by atoms with E-state index in [1.54, 1.807) is 6.07 Å². The Morgan fingerprint density at radius 3 is 3.06 bits per heavy atom. The molecule has 0 fully saturated rings. The van der Waals surface area contributed by atoms with E-state index in [2.05, 4.69) is 20.4 Å². The summed E-state index contributed by atoms with van der Waals surface area (Å²) in [6.07, 6.45) is 4.38. The van der Waals surface area contributed by atoms with Gasteiger partial charge in [-0.15, -0.1) is 5.10 Å². The number of halogens is 1. The highest BCUT2D eigenvalue weighted by Gasteiger charge is 2.07. The second-order valence-corrected chi connectivity index (χ2v) is 3.61. The molecule has 0 saturated heterocycles. The Labute approximate surface area is 102 Å². The van der Waals surface area contributed by atoms with Crippen LogP contribution in [0.15, 0.2) is 24.8 Å². The van der Waals surface area contributed by atoms with Crippen molar-refractivity contribution in [1.82, 2.24) is 19.7 Å². The lowest BCUT2D eigenvalue weighted by Gasteiger charge is -2.05. The summed E-state index contributed by atoms with van der Waals surface area (Å²) in [5.41, 5.74) is 5.78. The Balaban J connectivity index is 2.01.